The molecule has 0 aromatic rings. The van der Waals surface area contributed by atoms with Crippen molar-refractivity contribution in [2.45, 2.75) is 46.5 Å². The van der Waals surface area contributed by atoms with E-state index in [0.717, 1.165) is 19.6 Å². The van der Waals surface area contributed by atoms with Crippen LogP contribution in [-0.4, -0.2) is 37.0 Å². The van der Waals surface area contributed by atoms with Crippen LogP contribution in [0.1, 0.15) is 46.5 Å². The van der Waals surface area contributed by atoms with E-state index >= 15 is 0 Å². The first-order chi connectivity index (χ1) is 7.67. The zero-order valence-corrected chi connectivity index (χ0v) is 11.0. The van der Waals surface area contributed by atoms with Gasteiger partial charge in [-0.3, -0.25) is 4.79 Å². The Morgan fingerprint density at radius 2 is 1.75 bits per heavy atom. The monoisotopic (exact) mass is 226 g/mol. The van der Waals surface area contributed by atoms with E-state index in [4.69, 9.17) is 0 Å². The summed E-state index contributed by atoms with van der Waals surface area (Å²) in [5.41, 5.74) is 0.509. The van der Waals surface area contributed by atoms with Crippen molar-refractivity contribution in [3.05, 3.63) is 0 Å². The molecule has 0 aromatic heterocycles. The lowest BCUT2D eigenvalue weighted by atomic mass is 9.74. The van der Waals surface area contributed by atoms with Gasteiger partial charge in [-0.15, -0.1) is 0 Å². The second kappa shape index (κ2) is 6.24. The van der Waals surface area contributed by atoms with Crippen LogP contribution in [0.3, 0.4) is 0 Å². The third-order valence-electron chi connectivity index (χ3n) is 4.20. The highest BCUT2D eigenvalue weighted by Crippen LogP contribution is 2.37. The molecule has 1 N–H and O–H groups in total. The van der Waals surface area contributed by atoms with Crippen molar-refractivity contribution >= 4 is 5.91 Å². The van der Waals surface area contributed by atoms with Gasteiger partial charge in [0, 0.05) is 13.1 Å². The van der Waals surface area contributed by atoms with Crippen molar-refractivity contribution in [2.75, 3.05) is 26.2 Å². The van der Waals surface area contributed by atoms with Gasteiger partial charge in [-0.1, -0.05) is 33.6 Å². The lowest BCUT2D eigenvalue weighted by Gasteiger charge is -2.41. The quantitative estimate of drug-likeness (QED) is 0.778. The van der Waals surface area contributed by atoms with Crippen LogP contribution >= 0.6 is 0 Å². The van der Waals surface area contributed by atoms with Gasteiger partial charge in [0.1, 0.15) is 0 Å². The topological polar surface area (TPSA) is 32.3 Å². The van der Waals surface area contributed by atoms with E-state index in [2.05, 4.69) is 19.2 Å². The van der Waals surface area contributed by atoms with Gasteiger partial charge in [0.25, 0.3) is 0 Å². The molecule has 0 radical (unpaired) electrons. The van der Waals surface area contributed by atoms with Crippen molar-refractivity contribution < 1.29 is 4.79 Å². The fourth-order valence-corrected chi connectivity index (χ4v) is 2.53. The number of carbonyl (C=O) groups is 1. The van der Waals surface area contributed by atoms with Gasteiger partial charge in [-0.25, -0.2) is 0 Å². The van der Waals surface area contributed by atoms with Crippen molar-refractivity contribution in [1.82, 2.24) is 10.2 Å². The summed E-state index contributed by atoms with van der Waals surface area (Å²) in [5, 5.41) is 3.10. The number of hydrogen-bond acceptors (Lipinski definition) is 2. The molecule has 0 unspecified atom stereocenters. The molecule has 1 rings (SSSR count). The summed E-state index contributed by atoms with van der Waals surface area (Å²) in [4.78, 5) is 13.8. The first kappa shape index (κ1) is 13.5. The molecular formula is C13H26N2O. The van der Waals surface area contributed by atoms with Crippen molar-refractivity contribution in [3.8, 4) is 0 Å². The minimum absolute atomic E-state index is 0.266. The van der Waals surface area contributed by atoms with E-state index < -0.39 is 0 Å². The second-order valence-electron chi connectivity index (χ2n) is 4.87. The van der Waals surface area contributed by atoms with Gasteiger partial charge >= 0.3 is 0 Å². The van der Waals surface area contributed by atoms with E-state index in [1.165, 1.54) is 25.7 Å². The number of likely N-dealkylation sites (N-methyl/N-ethyl adjacent to an activating group) is 1. The minimum atomic E-state index is 0.266. The van der Waals surface area contributed by atoms with Gasteiger partial charge in [-0.05, 0) is 24.8 Å². The standard InChI is InChI=1S/C13H26N2O/c1-4-13(5-2)7-9-15(10-8-13)12(16)11-14-6-3/h14H,4-11H2,1-3H3. The Labute approximate surface area is 99.6 Å². The third-order valence-corrected chi connectivity index (χ3v) is 4.20. The number of hydrogen-bond donors (Lipinski definition) is 1. The summed E-state index contributed by atoms with van der Waals surface area (Å²) in [6.45, 7) is 9.86. The number of carbonyl (C=O) groups excluding carboxylic acids is 1. The van der Waals surface area contributed by atoms with E-state index in [1.807, 2.05) is 11.8 Å². The Bertz CT molecular complexity index is 214. The first-order valence-corrected chi connectivity index (χ1v) is 6.66. The molecular weight excluding hydrogens is 200 g/mol. The molecule has 1 heterocycles. The van der Waals surface area contributed by atoms with Crippen LogP contribution in [0.4, 0.5) is 0 Å². The van der Waals surface area contributed by atoms with Crippen molar-refractivity contribution in [3.63, 3.8) is 0 Å². The minimum Gasteiger partial charge on any atom is -0.342 e. The van der Waals surface area contributed by atoms with Crippen LogP contribution in [0.5, 0.6) is 0 Å². The normalized spacial score (nSPS) is 19.8. The first-order valence-electron chi connectivity index (χ1n) is 6.66. The maximum atomic E-state index is 11.8. The van der Waals surface area contributed by atoms with Crippen LogP contribution in [0.25, 0.3) is 0 Å². The predicted octanol–water partition coefficient (Wildman–Crippen LogP) is 2.02. The maximum Gasteiger partial charge on any atom is 0.236 e. The van der Waals surface area contributed by atoms with Crippen LogP contribution in [0.15, 0.2) is 0 Å². The SMILES string of the molecule is CCNCC(=O)N1CCC(CC)(CC)CC1. The van der Waals surface area contributed by atoms with E-state index in [0.29, 0.717) is 12.0 Å². The highest BCUT2D eigenvalue weighted by atomic mass is 16.2. The molecule has 0 atom stereocenters. The maximum absolute atomic E-state index is 11.8. The molecule has 1 aliphatic rings. The number of nitrogens with zero attached hydrogens (tertiary/aromatic N) is 1. The van der Waals surface area contributed by atoms with Crippen LogP contribution in [0, 0.1) is 5.41 Å². The summed E-state index contributed by atoms with van der Waals surface area (Å²) >= 11 is 0. The summed E-state index contributed by atoms with van der Waals surface area (Å²) < 4.78 is 0. The lowest BCUT2D eigenvalue weighted by molar-refractivity contribution is -0.132. The lowest BCUT2D eigenvalue weighted by Crippen LogP contribution is -2.45. The second-order valence-corrected chi connectivity index (χ2v) is 4.87. The molecule has 0 bridgehead atoms. The van der Waals surface area contributed by atoms with E-state index in [9.17, 15) is 4.79 Å². The van der Waals surface area contributed by atoms with Crippen LogP contribution < -0.4 is 5.32 Å². The summed E-state index contributed by atoms with van der Waals surface area (Å²) in [7, 11) is 0. The Balaban J connectivity index is 2.39. The molecule has 0 aromatic carbocycles. The number of likely N-dealkylation sites (tertiary alicyclic amines) is 1. The molecule has 3 heteroatoms. The van der Waals surface area contributed by atoms with E-state index in [-0.39, 0.29) is 5.91 Å². The average Bonchev–Trinajstić information content (AvgIpc) is 2.36. The third kappa shape index (κ3) is 3.21. The fourth-order valence-electron chi connectivity index (χ4n) is 2.53. The Hall–Kier alpha value is -0.570. The van der Waals surface area contributed by atoms with Gasteiger partial charge in [0.05, 0.1) is 6.54 Å². The largest absolute Gasteiger partial charge is 0.342 e. The molecule has 94 valence electrons. The zero-order valence-electron chi connectivity index (χ0n) is 11.0. The molecule has 3 nitrogen and oxygen atoms in total. The molecule has 1 aliphatic heterocycles. The van der Waals surface area contributed by atoms with Gasteiger partial charge < -0.3 is 10.2 Å². The summed E-state index contributed by atoms with van der Waals surface area (Å²) in [6.07, 6.45) is 4.85. The number of rotatable bonds is 5. The van der Waals surface area contributed by atoms with Crippen LogP contribution in [-0.2, 0) is 4.79 Å². The Morgan fingerprint density at radius 1 is 1.19 bits per heavy atom. The molecule has 1 fully saturated rings. The van der Waals surface area contributed by atoms with Crippen molar-refractivity contribution in [1.29, 1.82) is 0 Å². The highest BCUT2D eigenvalue weighted by molar-refractivity contribution is 5.78. The van der Waals surface area contributed by atoms with Gasteiger partial charge in [-0.2, -0.15) is 0 Å². The molecule has 1 saturated heterocycles. The average molecular weight is 226 g/mol. The van der Waals surface area contributed by atoms with Crippen LogP contribution in [0.2, 0.25) is 0 Å². The zero-order chi connectivity index (χ0) is 12.0. The molecule has 1 amide bonds. The smallest absolute Gasteiger partial charge is 0.236 e. The molecule has 0 saturated carbocycles. The van der Waals surface area contributed by atoms with E-state index in [1.54, 1.807) is 0 Å². The number of nitrogens with one attached hydrogen (secondary N) is 1. The molecule has 16 heavy (non-hydrogen) atoms. The van der Waals surface area contributed by atoms with Gasteiger partial charge in [0.15, 0.2) is 0 Å². The Kier molecular flexibility index (Phi) is 5.26. The molecule has 0 spiro atoms. The highest BCUT2D eigenvalue weighted by Gasteiger charge is 2.32. The summed E-state index contributed by atoms with van der Waals surface area (Å²) in [5.74, 6) is 0.266. The summed E-state index contributed by atoms with van der Waals surface area (Å²) in [6, 6.07) is 0. The van der Waals surface area contributed by atoms with Crippen molar-refractivity contribution in [2.24, 2.45) is 5.41 Å². The fraction of sp³-hybridized carbons (Fsp3) is 0.923. The Morgan fingerprint density at radius 3 is 2.19 bits per heavy atom. The number of piperidine rings is 1. The predicted molar refractivity (Wildman–Crippen MR) is 67.4 cm³/mol. The number of amides is 1. The van der Waals surface area contributed by atoms with Gasteiger partial charge in [0.2, 0.25) is 5.91 Å². The molecule has 0 aliphatic carbocycles.